The average Bonchev–Trinajstić information content (AvgIpc) is 2.26. The van der Waals surface area contributed by atoms with Crippen molar-refractivity contribution < 1.29 is 9.84 Å². The summed E-state index contributed by atoms with van der Waals surface area (Å²) in [6, 6.07) is 4.92. The number of hydrogen-bond donors (Lipinski definition) is 3. The maximum atomic E-state index is 9.53. The van der Waals surface area contributed by atoms with E-state index in [0.29, 0.717) is 12.2 Å². The summed E-state index contributed by atoms with van der Waals surface area (Å²) in [6.07, 6.45) is 0.596. The maximum absolute atomic E-state index is 9.53. The second-order valence-electron chi connectivity index (χ2n) is 4.75. The van der Waals surface area contributed by atoms with Gasteiger partial charge >= 0.3 is 0 Å². The number of nitrogens with one attached hydrogen (secondary N) is 1. The van der Waals surface area contributed by atoms with Crippen LogP contribution in [0.5, 0.6) is 11.5 Å². The van der Waals surface area contributed by atoms with Gasteiger partial charge in [-0.1, -0.05) is 0 Å². The van der Waals surface area contributed by atoms with Crippen molar-refractivity contribution in [2.75, 3.05) is 0 Å². The molecular formula is C12H15N3O2S. The minimum atomic E-state index is -0.360. The summed E-state index contributed by atoms with van der Waals surface area (Å²) in [5.41, 5.74) is 9.08. The molecule has 1 aliphatic rings. The molecule has 0 atom stereocenters. The number of rotatable bonds is 1. The van der Waals surface area contributed by atoms with Crippen molar-refractivity contribution >= 4 is 23.0 Å². The van der Waals surface area contributed by atoms with Gasteiger partial charge in [-0.05, 0) is 44.3 Å². The quantitative estimate of drug-likeness (QED) is 0.529. The van der Waals surface area contributed by atoms with Gasteiger partial charge in [0.2, 0.25) is 0 Å². The van der Waals surface area contributed by atoms with Crippen molar-refractivity contribution in [3.05, 3.63) is 23.8 Å². The van der Waals surface area contributed by atoms with Crippen LogP contribution in [0.25, 0.3) is 0 Å². The molecule has 1 heterocycles. The van der Waals surface area contributed by atoms with Crippen molar-refractivity contribution in [2.24, 2.45) is 10.8 Å². The summed E-state index contributed by atoms with van der Waals surface area (Å²) in [5.74, 6) is 0.854. The Morgan fingerprint density at radius 1 is 1.56 bits per heavy atom. The molecule has 5 nitrogen and oxygen atoms in total. The number of hydrogen-bond acceptors (Lipinski definition) is 4. The Balaban J connectivity index is 2.44. The van der Waals surface area contributed by atoms with Gasteiger partial charge < -0.3 is 15.6 Å². The largest absolute Gasteiger partial charge is 0.508 e. The van der Waals surface area contributed by atoms with Crippen molar-refractivity contribution in [3.8, 4) is 11.5 Å². The van der Waals surface area contributed by atoms with Crippen LogP contribution < -0.4 is 15.9 Å². The molecule has 0 spiro atoms. The van der Waals surface area contributed by atoms with Gasteiger partial charge in [-0.15, -0.1) is 0 Å². The molecule has 2 rings (SSSR count). The van der Waals surface area contributed by atoms with E-state index in [9.17, 15) is 5.11 Å². The predicted molar refractivity (Wildman–Crippen MR) is 73.9 cm³/mol. The first-order valence-corrected chi connectivity index (χ1v) is 5.93. The van der Waals surface area contributed by atoms with E-state index in [0.717, 1.165) is 11.3 Å². The normalized spacial score (nSPS) is 18.9. The van der Waals surface area contributed by atoms with Gasteiger partial charge in [-0.25, -0.2) is 0 Å². The second-order valence-corrected chi connectivity index (χ2v) is 5.19. The lowest BCUT2D eigenvalue weighted by Gasteiger charge is -2.33. The third-order valence-electron chi connectivity index (χ3n) is 2.55. The van der Waals surface area contributed by atoms with Crippen LogP contribution in [0.4, 0.5) is 0 Å². The van der Waals surface area contributed by atoms with Gasteiger partial charge in [0.25, 0.3) is 0 Å². The fourth-order valence-corrected chi connectivity index (χ4v) is 1.93. The van der Waals surface area contributed by atoms with Crippen LogP contribution in [-0.2, 0) is 0 Å². The number of fused-ring (bicyclic) bond motifs is 1. The number of nitrogens with two attached hydrogens (primary N) is 1. The van der Waals surface area contributed by atoms with E-state index in [4.69, 9.17) is 22.7 Å². The van der Waals surface area contributed by atoms with Crippen molar-refractivity contribution in [3.63, 3.8) is 0 Å². The number of ether oxygens (including phenoxy) is 1. The number of aromatic hydroxyl groups is 1. The number of phenolic OH excluding ortho intramolecular Hbond substituents is 1. The first-order valence-electron chi connectivity index (χ1n) is 5.52. The molecule has 6 heteroatoms. The zero-order valence-electron chi connectivity index (χ0n) is 10.2. The van der Waals surface area contributed by atoms with Gasteiger partial charge in [0.15, 0.2) is 5.11 Å². The highest BCUT2D eigenvalue weighted by molar-refractivity contribution is 7.80. The maximum Gasteiger partial charge on any atom is 0.184 e. The second kappa shape index (κ2) is 4.45. The van der Waals surface area contributed by atoms with Crippen LogP contribution in [0.2, 0.25) is 0 Å². The fraction of sp³-hybridized carbons (Fsp3) is 0.333. The van der Waals surface area contributed by atoms with Crippen LogP contribution in [0.3, 0.4) is 0 Å². The third kappa shape index (κ3) is 2.70. The molecule has 0 fully saturated rings. The van der Waals surface area contributed by atoms with Crippen LogP contribution in [0.15, 0.2) is 23.3 Å². The molecule has 0 radical (unpaired) electrons. The molecule has 0 unspecified atom stereocenters. The number of phenols is 1. The number of nitrogens with zero attached hydrogens (tertiary/aromatic N) is 1. The molecule has 18 heavy (non-hydrogen) atoms. The van der Waals surface area contributed by atoms with E-state index < -0.39 is 0 Å². The Morgan fingerprint density at radius 2 is 2.28 bits per heavy atom. The molecule has 0 saturated heterocycles. The average molecular weight is 265 g/mol. The number of hydrazone groups is 1. The molecule has 0 bridgehead atoms. The minimum absolute atomic E-state index is 0.105. The van der Waals surface area contributed by atoms with Crippen molar-refractivity contribution in [1.29, 1.82) is 0 Å². The fourth-order valence-electron chi connectivity index (χ4n) is 1.89. The zero-order valence-corrected chi connectivity index (χ0v) is 11.0. The van der Waals surface area contributed by atoms with E-state index in [1.807, 2.05) is 13.8 Å². The van der Waals surface area contributed by atoms with E-state index in [-0.39, 0.29) is 16.5 Å². The van der Waals surface area contributed by atoms with Crippen LogP contribution >= 0.6 is 12.2 Å². The van der Waals surface area contributed by atoms with Crippen molar-refractivity contribution in [1.82, 2.24) is 5.43 Å². The van der Waals surface area contributed by atoms with E-state index in [1.165, 1.54) is 0 Å². The Kier molecular flexibility index (Phi) is 3.13. The van der Waals surface area contributed by atoms with E-state index in [2.05, 4.69) is 10.5 Å². The van der Waals surface area contributed by atoms with Crippen LogP contribution in [0, 0.1) is 0 Å². The Labute approximate surface area is 111 Å². The monoisotopic (exact) mass is 265 g/mol. The summed E-state index contributed by atoms with van der Waals surface area (Å²) >= 11 is 4.72. The lowest BCUT2D eigenvalue weighted by molar-refractivity contribution is 0.111. The SMILES string of the molecule is CC1(C)C/C(=N\NC(N)=S)c2cc(O)ccc2O1. The minimum Gasteiger partial charge on any atom is -0.508 e. The Bertz CT molecular complexity index is 526. The first kappa shape index (κ1) is 12.6. The standard InChI is InChI=1S/C12H15N3O2S/c1-12(2)6-9(14-15-11(13)18)8-5-7(16)3-4-10(8)17-12/h3-5,16H,6H2,1-2H3,(H3,13,15,18)/b14-9+. The summed E-state index contributed by atoms with van der Waals surface area (Å²) in [6.45, 7) is 3.94. The van der Waals surface area contributed by atoms with Gasteiger partial charge in [-0.2, -0.15) is 5.10 Å². The third-order valence-corrected chi connectivity index (χ3v) is 2.65. The van der Waals surface area contributed by atoms with Crippen LogP contribution in [-0.4, -0.2) is 21.5 Å². The summed E-state index contributed by atoms with van der Waals surface area (Å²) < 4.78 is 5.83. The summed E-state index contributed by atoms with van der Waals surface area (Å²) in [5, 5.41) is 13.8. The van der Waals surface area contributed by atoms with Gasteiger partial charge in [0, 0.05) is 12.0 Å². The molecule has 0 amide bonds. The van der Waals surface area contributed by atoms with E-state index in [1.54, 1.807) is 18.2 Å². The van der Waals surface area contributed by atoms with E-state index >= 15 is 0 Å². The molecule has 0 aliphatic carbocycles. The van der Waals surface area contributed by atoms with Gasteiger partial charge in [0.05, 0.1) is 5.71 Å². The molecule has 0 saturated carbocycles. The molecule has 1 aromatic rings. The van der Waals surface area contributed by atoms with Crippen LogP contribution in [0.1, 0.15) is 25.8 Å². The smallest absolute Gasteiger partial charge is 0.184 e. The molecular weight excluding hydrogens is 250 g/mol. The molecule has 1 aromatic carbocycles. The lowest BCUT2D eigenvalue weighted by Crippen LogP contribution is -2.37. The molecule has 4 N–H and O–H groups in total. The molecule has 0 aromatic heterocycles. The Hall–Kier alpha value is -1.82. The number of benzene rings is 1. The predicted octanol–water partition coefficient (Wildman–Crippen LogP) is 1.49. The highest BCUT2D eigenvalue weighted by Gasteiger charge is 2.31. The highest BCUT2D eigenvalue weighted by atomic mass is 32.1. The topological polar surface area (TPSA) is 79.9 Å². The molecule has 96 valence electrons. The lowest BCUT2D eigenvalue weighted by atomic mass is 9.92. The first-order chi connectivity index (χ1) is 8.37. The van der Waals surface area contributed by atoms with Gasteiger partial charge in [0.1, 0.15) is 17.1 Å². The van der Waals surface area contributed by atoms with Gasteiger partial charge in [-0.3, -0.25) is 5.43 Å². The Morgan fingerprint density at radius 3 is 2.94 bits per heavy atom. The molecule has 1 aliphatic heterocycles. The summed E-state index contributed by atoms with van der Waals surface area (Å²) in [7, 11) is 0. The zero-order chi connectivity index (χ0) is 13.3. The van der Waals surface area contributed by atoms with Crippen molar-refractivity contribution in [2.45, 2.75) is 25.9 Å². The number of thiocarbonyl (C=S) groups is 1. The highest BCUT2D eigenvalue weighted by Crippen LogP contribution is 2.35. The summed E-state index contributed by atoms with van der Waals surface area (Å²) in [4.78, 5) is 0.